The number of hydrogen-bond donors (Lipinski definition) is 3. The topological polar surface area (TPSA) is 104 Å². The molecule has 0 spiro atoms. The minimum Gasteiger partial charge on any atom is -0.457 e. The first-order chi connectivity index (χ1) is 18.0. The maximum Gasteiger partial charge on any atom is 0.327 e. The van der Waals surface area contributed by atoms with Crippen LogP contribution < -0.4 is 20.3 Å². The highest BCUT2D eigenvalue weighted by Crippen LogP contribution is 2.50. The fraction of sp³-hybridized carbons (Fsp3) is 0.321. The van der Waals surface area contributed by atoms with E-state index in [2.05, 4.69) is 15.6 Å². The zero-order chi connectivity index (χ0) is 25.4. The summed E-state index contributed by atoms with van der Waals surface area (Å²) in [4.78, 5) is 32.6. The molecule has 2 unspecified atom stereocenters. The van der Waals surface area contributed by atoms with Gasteiger partial charge < -0.3 is 20.5 Å². The number of thioether (sulfide) groups is 1. The van der Waals surface area contributed by atoms with Crippen LogP contribution >= 0.6 is 11.8 Å². The number of aromatic nitrogens is 1. The summed E-state index contributed by atoms with van der Waals surface area (Å²) in [7, 11) is 0. The summed E-state index contributed by atoms with van der Waals surface area (Å²) in [5.41, 5.74) is 1.38. The Kier molecular flexibility index (Phi) is 6.26. The van der Waals surface area contributed by atoms with Gasteiger partial charge in [-0.2, -0.15) is 0 Å². The number of amides is 3. The Labute approximate surface area is 219 Å². The molecule has 0 bridgehead atoms. The van der Waals surface area contributed by atoms with Gasteiger partial charge in [-0.1, -0.05) is 49.2 Å². The third-order valence-corrected chi connectivity index (χ3v) is 8.50. The van der Waals surface area contributed by atoms with Crippen LogP contribution in [0.25, 0.3) is 0 Å². The normalized spacial score (nSPS) is 21.6. The second kappa shape index (κ2) is 9.72. The zero-order valence-electron chi connectivity index (χ0n) is 20.2. The van der Waals surface area contributed by atoms with Gasteiger partial charge in [0, 0.05) is 18.3 Å². The largest absolute Gasteiger partial charge is 0.457 e. The van der Waals surface area contributed by atoms with Crippen LogP contribution in [-0.4, -0.2) is 39.4 Å². The van der Waals surface area contributed by atoms with E-state index in [0.717, 1.165) is 35.6 Å². The van der Waals surface area contributed by atoms with Crippen molar-refractivity contribution in [3.05, 3.63) is 72.4 Å². The molecule has 1 aliphatic carbocycles. The quantitative estimate of drug-likeness (QED) is 0.423. The summed E-state index contributed by atoms with van der Waals surface area (Å²) in [5.74, 6) is 1.20. The predicted octanol–water partition coefficient (Wildman–Crippen LogP) is 5.06. The molecule has 0 saturated heterocycles. The van der Waals surface area contributed by atoms with Crippen molar-refractivity contribution in [2.24, 2.45) is 0 Å². The number of benzene rings is 2. The lowest BCUT2D eigenvalue weighted by molar-refractivity contribution is -0.122. The molecule has 190 valence electrons. The number of para-hydroxylation sites is 1. The maximum atomic E-state index is 13.3. The number of anilines is 2. The molecule has 3 N–H and O–H groups in total. The van der Waals surface area contributed by atoms with E-state index in [1.807, 2.05) is 60.7 Å². The molecular weight excluding hydrogens is 488 g/mol. The van der Waals surface area contributed by atoms with Crippen molar-refractivity contribution in [3.8, 4) is 11.5 Å². The fourth-order valence-electron chi connectivity index (χ4n) is 5.31. The molecule has 3 heterocycles. The van der Waals surface area contributed by atoms with Crippen LogP contribution in [0.4, 0.5) is 16.2 Å². The average molecular weight is 517 g/mol. The highest BCUT2D eigenvalue weighted by molar-refractivity contribution is 8.01. The Balaban J connectivity index is 1.21. The van der Waals surface area contributed by atoms with E-state index in [9.17, 15) is 14.7 Å². The van der Waals surface area contributed by atoms with Gasteiger partial charge in [-0.25, -0.2) is 9.78 Å². The van der Waals surface area contributed by atoms with Crippen LogP contribution in [0.3, 0.4) is 0 Å². The first-order valence-electron chi connectivity index (χ1n) is 12.6. The molecule has 1 aromatic heterocycles. The van der Waals surface area contributed by atoms with Crippen molar-refractivity contribution >= 4 is 35.1 Å². The third kappa shape index (κ3) is 4.65. The van der Waals surface area contributed by atoms with Gasteiger partial charge in [0.1, 0.15) is 21.8 Å². The van der Waals surface area contributed by atoms with Crippen LogP contribution in [0.2, 0.25) is 0 Å². The van der Waals surface area contributed by atoms with Gasteiger partial charge in [-0.05, 0) is 55.3 Å². The van der Waals surface area contributed by atoms with E-state index in [4.69, 9.17) is 4.74 Å². The lowest BCUT2D eigenvalue weighted by Crippen LogP contribution is -2.51. The number of carbonyl (C=O) groups excluding carboxylic acids is 2. The number of pyridine rings is 1. The molecular formula is C28H28N4O4S. The fourth-order valence-corrected chi connectivity index (χ4v) is 6.56. The molecule has 3 aromatic rings. The molecule has 1 saturated carbocycles. The maximum absolute atomic E-state index is 13.3. The molecule has 8 nitrogen and oxygen atoms in total. The summed E-state index contributed by atoms with van der Waals surface area (Å²) in [6, 6.07) is 17.8. The first-order valence-corrected chi connectivity index (χ1v) is 13.5. The van der Waals surface area contributed by atoms with Crippen molar-refractivity contribution in [2.75, 3.05) is 11.4 Å². The average Bonchev–Trinajstić information content (AvgIpc) is 3.29. The summed E-state index contributed by atoms with van der Waals surface area (Å²) >= 11 is 1.35. The monoisotopic (exact) mass is 516 g/mol. The van der Waals surface area contributed by atoms with Crippen molar-refractivity contribution in [1.29, 1.82) is 0 Å². The lowest BCUT2D eigenvalue weighted by atomic mass is 9.85. The van der Waals surface area contributed by atoms with Gasteiger partial charge in [-0.3, -0.25) is 9.69 Å². The van der Waals surface area contributed by atoms with E-state index in [-0.39, 0.29) is 18.5 Å². The van der Waals surface area contributed by atoms with E-state index in [1.54, 1.807) is 11.1 Å². The lowest BCUT2D eigenvalue weighted by Gasteiger charge is -2.35. The number of rotatable bonds is 6. The van der Waals surface area contributed by atoms with Crippen molar-refractivity contribution in [1.82, 2.24) is 15.6 Å². The number of aliphatic hydroxyl groups is 1. The zero-order valence-corrected chi connectivity index (χ0v) is 21.0. The Bertz CT molecular complexity index is 1310. The van der Waals surface area contributed by atoms with Crippen LogP contribution in [0.15, 0.2) is 71.9 Å². The molecule has 3 aliphatic rings. The smallest absolute Gasteiger partial charge is 0.327 e. The SMILES string of the molecule is O=C(NCC1(O)CCCCC1)C1Sc2nccc3c2C1NC(=O)N3c1ccc(Oc2ccccc2)cc1. The van der Waals surface area contributed by atoms with Gasteiger partial charge in [0.05, 0.1) is 23.0 Å². The van der Waals surface area contributed by atoms with Gasteiger partial charge >= 0.3 is 6.03 Å². The van der Waals surface area contributed by atoms with Crippen LogP contribution in [0, 0.1) is 0 Å². The van der Waals surface area contributed by atoms with Gasteiger partial charge in [0.2, 0.25) is 5.91 Å². The molecule has 2 aromatic carbocycles. The van der Waals surface area contributed by atoms with Crippen LogP contribution in [-0.2, 0) is 4.79 Å². The van der Waals surface area contributed by atoms with Crippen LogP contribution in [0.1, 0.15) is 43.7 Å². The van der Waals surface area contributed by atoms with E-state index in [1.165, 1.54) is 11.8 Å². The first kappa shape index (κ1) is 23.8. The molecule has 9 heteroatoms. The van der Waals surface area contributed by atoms with E-state index >= 15 is 0 Å². The number of ether oxygens (including phenoxy) is 1. The number of nitrogens with one attached hydrogen (secondary N) is 2. The Morgan fingerprint density at radius 3 is 2.57 bits per heavy atom. The standard InChI is InChI=1S/C28H28N4O4S/c33-25(30-17-28(35)14-5-2-6-15-28)24-23-22-21(13-16-29-26(22)37-24)32(27(34)31-23)18-9-11-20(12-10-18)36-19-7-3-1-4-8-19/h1,3-4,7-13,16,23-24,35H,2,5-6,14-15,17H2,(H,30,33)(H,31,34). The van der Waals surface area contributed by atoms with E-state index in [0.29, 0.717) is 30.0 Å². The number of carbonyl (C=O) groups is 2. The summed E-state index contributed by atoms with van der Waals surface area (Å²) in [5, 5.41) is 17.0. The minimum atomic E-state index is -0.851. The molecule has 0 radical (unpaired) electrons. The van der Waals surface area contributed by atoms with Gasteiger partial charge in [-0.15, -0.1) is 0 Å². The molecule has 2 atom stereocenters. The van der Waals surface area contributed by atoms with Gasteiger partial charge in [0.15, 0.2) is 0 Å². The van der Waals surface area contributed by atoms with Crippen LogP contribution in [0.5, 0.6) is 11.5 Å². The van der Waals surface area contributed by atoms with Crippen molar-refractivity contribution in [3.63, 3.8) is 0 Å². The van der Waals surface area contributed by atoms with Crippen molar-refractivity contribution in [2.45, 2.75) is 54.0 Å². The summed E-state index contributed by atoms with van der Waals surface area (Å²) in [6.07, 6.45) is 6.12. The summed E-state index contributed by atoms with van der Waals surface area (Å²) in [6.45, 7) is 0.226. The molecule has 6 rings (SSSR count). The molecule has 3 amide bonds. The molecule has 37 heavy (non-hydrogen) atoms. The van der Waals surface area contributed by atoms with E-state index < -0.39 is 16.9 Å². The number of hydrogen-bond acceptors (Lipinski definition) is 6. The highest BCUT2D eigenvalue weighted by Gasteiger charge is 2.47. The number of urea groups is 1. The second-order valence-corrected chi connectivity index (χ2v) is 10.9. The highest BCUT2D eigenvalue weighted by atomic mass is 32.2. The Morgan fingerprint density at radius 2 is 1.81 bits per heavy atom. The van der Waals surface area contributed by atoms with Gasteiger partial charge in [0.25, 0.3) is 0 Å². The summed E-state index contributed by atoms with van der Waals surface area (Å²) < 4.78 is 5.88. The molecule has 1 fully saturated rings. The molecule has 2 aliphatic heterocycles. The van der Waals surface area contributed by atoms with Crippen molar-refractivity contribution < 1.29 is 19.4 Å². The third-order valence-electron chi connectivity index (χ3n) is 7.21. The second-order valence-electron chi connectivity index (χ2n) is 9.76. The minimum absolute atomic E-state index is 0.200. The number of nitrogens with zero attached hydrogens (tertiary/aromatic N) is 2. The predicted molar refractivity (Wildman–Crippen MR) is 141 cm³/mol. The Morgan fingerprint density at radius 1 is 1.08 bits per heavy atom. The Hall–Kier alpha value is -3.56.